The van der Waals surface area contributed by atoms with E-state index in [0.29, 0.717) is 0 Å². The Morgan fingerprint density at radius 3 is 2.49 bits per heavy atom. The van der Waals surface area contributed by atoms with Gasteiger partial charge in [-0.25, -0.2) is 13.9 Å². The van der Waals surface area contributed by atoms with Crippen molar-refractivity contribution >= 4 is 15.6 Å². The normalized spacial score (nSPS) is 36.7. The average molecular weight is 548 g/mol. The number of hydrogen-bond acceptors (Lipinski definition) is 13. The summed E-state index contributed by atoms with van der Waals surface area (Å²) >= 11 is 0. The second kappa shape index (κ2) is 10.2. The van der Waals surface area contributed by atoms with Crippen LogP contribution in [0.25, 0.3) is 0 Å². The third-order valence-corrected chi connectivity index (χ3v) is 8.17. The zero-order valence-corrected chi connectivity index (χ0v) is 20.2. The third kappa shape index (κ3) is 6.17. The highest BCUT2D eigenvalue weighted by atomic mass is 31.3. The Morgan fingerprint density at radius 1 is 1.23 bits per heavy atom. The SMILES string of the molecule is Cc1cn(C2CC(O)C(COP(=O)(O)OP(=O)(O)OC3OC(C)C(O)(CO)C3O)O2)c(=O)[nH]c1=O. The summed E-state index contributed by atoms with van der Waals surface area (Å²) < 4.78 is 49.0. The molecule has 19 heteroatoms. The summed E-state index contributed by atoms with van der Waals surface area (Å²) in [5.41, 5.74) is -3.46. The number of rotatable bonds is 9. The molecule has 2 fully saturated rings. The van der Waals surface area contributed by atoms with E-state index in [2.05, 4.69) is 18.3 Å². The molecule has 1 aromatic rings. The highest BCUT2D eigenvalue weighted by Crippen LogP contribution is 2.61. The molecule has 9 atom stereocenters. The van der Waals surface area contributed by atoms with Gasteiger partial charge in [-0.15, -0.1) is 0 Å². The molecule has 3 heterocycles. The first-order chi connectivity index (χ1) is 16.1. The van der Waals surface area contributed by atoms with Crippen molar-refractivity contribution in [3.05, 3.63) is 32.6 Å². The molecule has 9 unspecified atom stereocenters. The quantitative estimate of drug-likeness (QED) is 0.158. The predicted molar refractivity (Wildman–Crippen MR) is 111 cm³/mol. The predicted octanol–water partition coefficient (Wildman–Crippen LogP) is -2.43. The van der Waals surface area contributed by atoms with E-state index in [1.165, 1.54) is 20.0 Å². The van der Waals surface area contributed by atoms with Crippen LogP contribution in [0.15, 0.2) is 15.8 Å². The van der Waals surface area contributed by atoms with Gasteiger partial charge in [0.25, 0.3) is 5.56 Å². The molecule has 7 N–H and O–H groups in total. The molecule has 0 spiro atoms. The summed E-state index contributed by atoms with van der Waals surface area (Å²) in [5, 5.41) is 39.5. The van der Waals surface area contributed by atoms with Gasteiger partial charge in [-0.3, -0.25) is 23.4 Å². The minimum absolute atomic E-state index is 0.152. The molecule has 0 radical (unpaired) electrons. The van der Waals surface area contributed by atoms with Crippen LogP contribution in [0, 0.1) is 6.92 Å². The Bertz CT molecular complexity index is 1140. The zero-order valence-electron chi connectivity index (χ0n) is 18.4. The van der Waals surface area contributed by atoms with E-state index >= 15 is 0 Å². The summed E-state index contributed by atoms with van der Waals surface area (Å²) in [7, 11) is -10.8. The number of aliphatic hydroxyl groups excluding tert-OH is 3. The van der Waals surface area contributed by atoms with Gasteiger partial charge < -0.3 is 39.7 Å². The van der Waals surface area contributed by atoms with Gasteiger partial charge in [-0.05, 0) is 13.8 Å². The number of phosphoric ester groups is 2. The second-order valence-corrected chi connectivity index (χ2v) is 11.1. The Balaban J connectivity index is 1.59. The summed E-state index contributed by atoms with van der Waals surface area (Å²) in [6.45, 7) is 0.861. The topological polar surface area (TPSA) is 257 Å². The van der Waals surface area contributed by atoms with E-state index in [9.17, 15) is 48.9 Å². The van der Waals surface area contributed by atoms with Crippen molar-refractivity contribution in [1.82, 2.24) is 9.55 Å². The van der Waals surface area contributed by atoms with E-state index in [4.69, 9.17) is 9.47 Å². The van der Waals surface area contributed by atoms with Crippen molar-refractivity contribution in [2.45, 2.75) is 62.8 Å². The summed E-state index contributed by atoms with van der Waals surface area (Å²) in [4.78, 5) is 45.1. The van der Waals surface area contributed by atoms with Crippen molar-refractivity contribution in [1.29, 1.82) is 0 Å². The molecule has 2 saturated heterocycles. The molecule has 0 aliphatic carbocycles. The molecule has 2 aliphatic heterocycles. The maximum absolute atomic E-state index is 12.2. The van der Waals surface area contributed by atoms with Crippen molar-refractivity contribution in [3.8, 4) is 0 Å². The molecule has 2 aliphatic rings. The first-order valence-corrected chi connectivity index (χ1v) is 13.1. The lowest BCUT2D eigenvalue weighted by atomic mass is 9.95. The number of H-pyrrole nitrogens is 1. The molecule has 1 aromatic heterocycles. The lowest BCUT2D eigenvalue weighted by Crippen LogP contribution is -2.50. The standard InChI is InChI=1S/C16H26N2O15P2/c1-7-4-18(15(23)17-13(7)22)11-3-9(20)10(31-11)5-29-34(25,26)33-35(27,28)32-14-12(21)16(24,6-19)8(2)30-14/h4,8-12,14,19-21,24H,3,5-6H2,1-2H3,(H,25,26)(H,27,28)(H,17,22,23). The lowest BCUT2D eigenvalue weighted by molar-refractivity contribution is -0.123. The number of ether oxygens (including phenoxy) is 2. The maximum atomic E-state index is 12.2. The van der Waals surface area contributed by atoms with E-state index in [-0.39, 0.29) is 12.0 Å². The fraction of sp³-hybridized carbons (Fsp3) is 0.750. The maximum Gasteiger partial charge on any atom is 0.483 e. The van der Waals surface area contributed by atoms with Crippen LogP contribution in [-0.4, -0.2) is 89.3 Å². The monoisotopic (exact) mass is 548 g/mol. The zero-order chi connectivity index (χ0) is 26.3. The number of aliphatic hydroxyl groups is 4. The number of hydrogen-bond donors (Lipinski definition) is 7. The minimum Gasteiger partial charge on any atom is -0.393 e. The van der Waals surface area contributed by atoms with E-state index < -0.39 is 82.6 Å². The summed E-state index contributed by atoms with van der Waals surface area (Å²) in [6, 6.07) is 0. The van der Waals surface area contributed by atoms with Crippen LogP contribution < -0.4 is 11.2 Å². The minimum atomic E-state index is -5.45. The number of nitrogens with zero attached hydrogens (tertiary/aromatic N) is 1. The van der Waals surface area contributed by atoms with Gasteiger partial charge in [-0.1, -0.05) is 0 Å². The number of phosphoric acid groups is 2. The molecule has 0 aromatic carbocycles. The van der Waals surface area contributed by atoms with Crippen molar-refractivity contribution in [3.63, 3.8) is 0 Å². The molecule has 0 amide bonds. The van der Waals surface area contributed by atoms with E-state index in [1.807, 2.05) is 0 Å². The van der Waals surface area contributed by atoms with Crippen molar-refractivity contribution in [2.24, 2.45) is 0 Å². The fourth-order valence-electron chi connectivity index (χ4n) is 3.48. The lowest BCUT2D eigenvalue weighted by Gasteiger charge is -2.26. The largest absolute Gasteiger partial charge is 0.483 e. The molecule has 17 nitrogen and oxygen atoms in total. The second-order valence-electron chi connectivity index (χ2n) is 8.07. The first kappa shape index (κ1) is 28.3. The number of nitrogens with one attached hydrogen (secondary N) is 1. The number of aromatic nitrogens is 2. The van der Waals surface area contributed by atoms with Gasteiger partial charge in [0.1, 0.15) is 24.0 Å². The summed E-state index contributed by atoms with van der Waals surface area (Å²) in [6.07, 6.45) is -7.82. The van der Waals surface area contributed by atoms with Crippen LogP contribution in [-0.2, 0) is 32.0 Å². The number of aryl methyl sites for hydroxylation is 1. The highest BCUT2D eigenvalue weighted by molar-refractivity contribution is 7.61. The van der Waals surface area contributed by atoms with Gasteiger partial charge in [-0.2, -0.15) is 4.31 Å². The van der Waals surface area contributed by atoms with Crippen LogP contribution in [0.5, 0.6) is 0 Å². The molecular weight excluding hydrogens is 522 g/mol. The Hall–Kier alpha value is -1.30. The Kier molecular flexibility index (Phi) is 8.26. The Morgan fingerprint density at radius 2 is 1.89 bits per heavy atom. The van der Waals surface area contributed by atoms with Crippen molar-refractivity contribution < 1.29 is 62.2 Å². The van der Waals surface area contributed by atoms with E-state index in [1.54, 1.807) is 0 Å². The molecule has 200 valence electrons. The van der Waals surface area contributed by atoms with Crippen LogP contribution in [0.2, 0.25) is 0 Å². The molecular formula is C16H26N2O15P2. The fourth-order valence-corrected chi connectivity index (χ4v) is 5.63. The number of aromatic amines is 1. The molecule has 35 heavy (non-hydrogen) atoms. The first-order valence-electron chi connectivity index (χ1n) is 10.1. The van der Waals surface area contributed by atoms with Crippen LogP contribution in [0.1, 0.15) is 25.1 Å². The molecule has 0 bridgehead atoms. The smallest absolute Gasteiger partial charge is 0.393 e. The average Bonchev–Trinajstić information content (AvgIpc) is 3.21. The van der Waals surface area contributed by atoms with Crippen LogP contribution in [0.4, 0.5) is 0 Å². The van der Waals surface area contributed by atoms with E-state index in [0.717, 1.165) is 4.57 Å². The van der Waals surface area contributed by atoms with Crippen LogP contribution in [0.3, 0.4) is 0 Å². The van der Waals surface area contributed by atoms with Gasteiger partial charge >= 0.3 is 21.3 Å². The van der Waals surface area contributed by atoms with Crippen LogP contribution >= 0.6 is 15.6 Å². The van der Waals surface area contributed by atoms with Gasteiger partial charge in [0.2, 0.25) is 0 Å². The highest BCUT2D eigenvalue weighted by Gasteiger charge is 2.56. The van der Waals surface area contributed by atoms with Gasteiger partial charge in [0.15, 0.2) is 6.29 Å². The third-order valence-electron chi connectivity index (χ3n) is 5.57. The van der Waals surface area contributed by atoms with Gasteiger partial charge in [0.05, 0.1) is 25.4 Å². The molecule has 3 rings (SSSR count). The molecule has 0 saturated carbocycles. The Labute approximate surface area is 196 Å². The van der Waals surface area contributed by atoms with Crippen molar-refractivity contribution in [2.75, 3.05) is 13.2 Å². The van der Waals surface area contributed by atoms with Gasteiger partial charge in [0, 0.05) is 18.2 Å². The summed E-state index contributed by atoms with van der Waals surface area (Å²) in [5.74, 6) is 0.